The third kappa shape index (κ3) is 3.59. The average molecular weight is 308 g/mol. The van der Waals surface area contributed by atoms with Gasteiger partial charge in [-0.25, -0.2) is 4.79 Å². The molecule has 1 rings (SSSR count). The first kappa shape index (κ1) is 15.3. The highest BCUT2D eigenvalue weighted by Gasteiger charge is 2.22. The smallest absolute Gasteiger partial charge is 0.348 e. The summed E-state index contributed by atoms with van der Waals surface area (Å²) in [5.41, 5.74) is 5.19. The molecule has 0 saturated carbocycles. The van der Waals surface area contributed by atoms with E-state index in [1.807, 2.05) is 0 Å². The van der Waals surface area contributed by atoms with Crippen LogP contribution in [0.4, 0.5) is 10.1 Å². The summed E-state index contributed by atoms with van der Waals surface area (Å²) >= 11 is 11.2. The highest BCUT2D eigenvalue weighted by Crippen LogP contribution is 2.35. The Hall–Kier alpha value is -1.78. The minimum atomic E-state index is -1.14. The van der Waals surface area contributed by atoms with Crippen molar-refractivity contribution in [1.29, 1.82) is 5.26 Å². The Morgan fingerprint density at radius 3 is 2.79 bits per heavy atom. The maximum atomic E-state index is 13.3. The van der Waals surface area contributed by atoms with Gasteiger partial charge < -0.3 is 15.2 Å². The number of nitrogen functional groups attached to an aromatic ring is 1. The number of pyridine rings is 1. The molecule has 0 aliphatic heterocycles. The molecule has 0 saturated heterocycles. The first-order valence-electron chi connectivity index (χ1n) is 4.88. The van der Waals surface area contributed by atoms with Gasteiger partial charge in [-0.3, -0.25) is 0 Å². The van der Waals surface area contributed by atoms with Crippen molar-refractivity contribution >= 4 is 34.9 Å². The average Bonchev–Trinajstić information content (AvgIpc) is 2.39. The topological polar surface area (TPSA) is 98.2 Å². The van der Waals surface area contributed by atoms with Gasteiger partial charge in [0.05, 0.1) is 5.69 Å². The van der Waals surface area contributed by atoms with E-state index in [4.69, 9.17) is 38.9 Å². The second-order valence-electron chi connectivity index (χ2n) is 3.28. The largest absolute Gasteiger partial charge is 0.461 e. The molecule has 19 heavy (non-hydrogen) atoms. The van der Waals surface area contributed by atoms with Crippen LogP contribution in [0.15, 0.2) is 0 Å². The number of carbonyl (C=O) groups excluding carboxylic acids is 1. The fraction of sp³-hybridized carbons (Fsp3) is 0.300. The molecule has 6 nitrogen and oxygen atoms in total. The van der Waals surface area contributed by atoms with Crippen molar-refractivity contribution in [3.63, 3.8) is 0 Å². The molecule has 1 aromatic heterocycles. The molecule has 0 spiro atoms. The summed E-state index contributed by atoms with van der Waals surface area (Å²) in [5.74, 6) is -2.29. The molecule has 1 heterocycles. The zero-order chi connectivity index (χ0) is 14.6. The Bertz CT molecular complexity index is 548. The first-order valence-corrected chi connectivity index (χ1v) is 5.64. The van der Waals surface area contributed by atoms with Gasteiger partial charge in [0.2, 0.25) is 11.8 Å². The minimum absolute atomic E-state index is 0.216. The zero-order valence-corrected chi connectivity index (χ0v) is 11.1. The lowest BCUT2D eigenvalue weighted by molar-refractivity contribution is -0.149. The third-order valence-electron chi connectivity index (χ3n) is 1.94. The summed E-state index contributed by atoms with van der Waals surface area (Å²) in [5, 5.41) is 7.60. The number of nitrogens with two attached hydrogens (primary N) is 1. The van der Waals surface area contributed by atoms with Crippen molar-refractivity contribution < 1.29 is 18.7 Å². The summed E-state index contributed by atoms with van der Waals surface area (Å²) in [4.78, 5) is 14.7. The highest BCUT2D eigenvalue weighted by atomic mass is 35.5. The van der Waals surface area contributed by atoms with Crippen LogP contribution in [0.3, 0.4) is 0 Å². The van der Waals surface area contributed by atoms with E-state index in [1.54, 1.807) is 6.07 Å². The van der Waals surface area contributed by atoms with E-state index in [9.17, 15) is 9.18 Å². The number of hydrogen-bond donors (Lipinski definition) is 1. The molecule has 0 bridgehead atoms. The van der Waals surface area contributed by atoms with Gasteiger partial charge >= 0.3 is 5.97 Å². The standard InChI is InChI=1S/C10H8Cl2FN3O3/c1-4(10(17)18-3-2-14)19-9-6(12)7(15)5(11)8(13)16-9/h4H,3H2,1H3,(H2,15,16)/t4-/m1/s1. The van der Waals surface area contributed by atoms with Crippen molar-refractivity contribution in [2.75, 3.05) is 12.3 Å². The molecular weight excluding hydrogens is 300 g/mol. The number of halogens is 3. The number of hydrogen-bond acceptors (Lipinski definition) is 6. The fourth-order valence-electron chi connectivity index (χ4n) is 1.02. The molecule has 2 N–H and O–H groups in total. The summed E-state index contributed by atoms with van der Waals surface area (Å²) in [6.45, 7) is 0.894. The Morgan fingerprint density at radius 2 is 2.21 bits per heavy atom. The van der Waals surface area contributed by atoms with Gasteiger partial charge in [0.1, 0.15) is 16.1 Å². The predicted molar refractivity (Wildman–Crippen MR) is 65.3 cm³/mol. The number of aromatic nitrogens is 1. The monoisotopic (exact) mass is 307 g/mol. The van der Waals surface area contributed by atoms with E-state index >= 15 is 0 Å². The van der Waals surface area contributed by atoms with E-state index in [1.165, 1.54) is 6.92 Å². The zero-order valence-electron chi connectivity index (χ0n) is 9.61. The minimum Gasteiger partial charge on any atom is -0.461 e. The summed E-state index contributed by atoms with van der Waals surface area (Å²) in [6.07, 6.45) is -1.14. The van der Waals surface area contributed by atoms with Gasteiger partial charge in [-0.2, -0.15) is 14.6 Å². The summed E-state index contributed by atoms with van der Waals surface area (Å²) in [7, 11) is 0. The van der Waals surface area contributed by atoms with Gasteiger partial charge in [-0.1, -0.05) is 23.2 Å². The molecule has 0 radical (unpaired) electrons. The molecule has 0 aliphatic rings. The molecule has 9 heteroatoms. The summed E-state index contributed by atoms with van der Waals surface area (Å²) in [6, 6.07) is 1.62. The second-order valence-corrected chi connectivity index (χ2v) is 4.03. The lowest BCUT2D eigenvalue weighted by Crippen LogP contribution is -2.27. The Balaban J connectivity index is 2.89. The maximum absolute atomic E-state index is 13.3. The van der Waals surface area contributed by atoms with Crippen LogP contribution in [0, 0.1) is 17.3 Å². The van der Waals surface area contributed by atoms with Crippen molar-refractivity contribution in [2.24, 2.45) is 0 Å². The number of anilines is 1. The summed E-state index contributed by atoms with van der Waals surface area (Å²) < 4.78 is 22.8. The fourth-order valence-corrected chi connectivity index (χ4v) is 1.39. The van der Waals surface area contributed by atoms with E-state index in [-0.39, 0.29) is 16.6 Å². The quantitative estimate of drug-likeness (QED) is 0.674. The van der Waals surface area contributed by atoms with Gasteiger partial charge in [-0.05, 0) is 6.92 Å². The van der Waals surface area contributed by atoms with Crippen LogP contribution in [0.1, 0.15) is 6.92 Å². The lowest BCUT2D eigenvalue weighted by atomic mass is 10.4. The molecule has 102 valence electrons. The van der Waals surface area contributed by atoms with Crippen molar-refractivity contribution in [1.82, 2.24) is 4.98 Å². The number of nitriles is 1. The van der Waals surface area contributed by atoms with Crippen molar-refractivity contribution in [3.05, 3.63) is 16.0 Å². The van der Waals surface area contributed by atoms with Crippen LogP contribution in [0.5, 0.6) is 5.88 Å². The van der Waals surface area contributed by atoms with Crippen LogP contribution in [-0.2, 0) is 9.53 Å². The highest BCUT2D eigenvalue weighted by molar-refractivity contribution is 6.39. The van der Waals surface area contributed by atoms with E-state index in [0.717, 1.165) is 0 Å². The van der Waals surface area contributed by atoms with Crippen LogP contribution < -0.4 is 10.5 Å². The molecule has 0 amide bonds. The van der Waals surface area contributed by atoms with Gasteiger partial charge in [0.25, 0.3) is 0 Å². The van der Waals surface area contributed by atoms with Gasteiger partial charge in [-0.15, -0.1) is 0 Å². The van der Waals surface area contributed by atoms with Crippen LogP contribution >= 0.6 is 23.2 Å². The Morgan fingerprint density at radius 1 is 1.58 bits per heavy atom. The normalized spacial score (nSPS) is 11.5. The Labute approximate surface area is 117 Å². The molecule has 1 aromatic rings. The molecule has 0 aliphatic carbocycles. The van der Waals surface area contributed by atoms with Gasteiger partial charge in [0, 0.05) is 0 Å². The van der Waals surface area contributed by atoms with E-state index in [0.29, 0.717) is 0 Å². The Kier molecular flexibility index (Phi) is 5.15. The number of nitrogens with zero attached hydrogens (tertiary/aromatic N) is 2. The molecular formula is C10H8Cl2FN3O3. The van der Waals surface area contributed by atoms with Crippen LogP contribution in [-0.4, -0.2) is 23.7 Å². The third-order valence-corrected chi connectivity index (χ3v) is 2.67. The number of esters is 1. The number of ether oxygens (including phenoxy) is 2. The van der Waals surface area contributed by atoms with Gasteiger partial charge in [0.15, 0.2) is 12.7 Å². The molecule has 0 aromatic carbocycles. The van der Waals surface area contributed by atoms with Crippen LogP contribution in [0.25, 0.3) is 0 Å². The molecule has 0 fully saturated rings. The SMILES string of the molecule is C[C@@H](Oc1nc(F)c(Cl)c(N)c1Cl)C(=O)OCC#N. The van der Waals surface area contributed by atoms with E-state index in [2.05, 4.69) is 9.72 Å². The van der Waals surface area contributed by atoms with Crippen LogP contribution in [0.2, 0.25) is 10.0 Å². The second kappa shape index (κ2) is 6.41. The molecule has 1 atom stereocenters. The maximum Gasteiger partial charge on any atom is 0.348 e. The van der Waals surface area contributed by atoms with Crippen molar-refractivity contribution in [3.8, 4) is 11.9 Å². The van der Waals surface area contributed by atoms with Crippen molar-refractivity contribution in [2.45, 2.75) is 13.0 Å². The number of rotatable bonds is 4. The lowest BCUT2D eigenvalue weighted by Gasteiger charge is -2.14. The molecule has 0 unspecified atom stereocenters. The van der Waals surface area contributed by atoms with E-state index < -0.39 is 29.7 Å². The first-order chi connectivity index (χ1) is 8.88. The number of carbonyl (C=O) groups is 1. The predicted octanol–water partition coefficient (Wildman–Crippen LogP) is 1.94.